The van der Waals surface area contributed by atoms with Crippen molar-refractivity contribution in [1.82, 2.24) is 14.8 Å². The molecular formula is C27H30N4O5. The Labute approximate surface area is 210 Å². The number of Topliss-reactive ketones (excluding diaryl/α,β-unsaturated/α-hetero) is 1. The molecule has 36 heavy (non-hydrogen) atoms. The smallest absolute Gasteiger partial charge is 0.226 e. The Hall–Kier alpha value is -4.01. The van der Waals surface area contributed by atoms with Gasteiger partial charge in [0.2, 0.25) is 11.7 Å². The Kier molecular flexibility index (Phi) is 5.86. The van der Waals surface area contributed by atoms with Crippen molar-refractivity contribution < 1.29 is 23.7 Å². The van der Waals surface area contributed by atoms with Crippen molar-refractivity contribution in [3.05, 3.63) is 53.2 Å². The number of methoxy groups -OCH3 is 4. The number of ketones is 1. The van der Waals surface area contributed by atoms with Gasteiger partial charge in [0.05, 0.1) is 28.4 Å². The molecular weight excluding hydrogens is 460 g/mol. The normalized spacial score (nSPS) is 18.2. The lowest BCUT2D eigenvalue weighted by Gasteiger charge is -2.38. The molecule has 2 aromatic carbocycles. The van der Waals surface area contributed by atoms with Gasteiger partial charge < -0.3 is 24.3 Å². The first-order chi connectivity index (χ1) is 17.3. The highest BCUT2D eigenvalue weighted by atomic mass is 16.5. The fourth-order valence-electron chi connectivity index (χ4n) is 5.04. The second-order valence-corrected chi connectivity index (χ2v) is 9.75. The van der Waals surface area contributed by atoms with Gasteiger partial charge in [0, 0.05) is 23.3 Å². The number of aromatic nitrogens is 3. The third kappa shape index (κ3) is 3.94. The maximum absolute atomic E-state index is 13.4. The molecule has 0 fully saturated rings. The van der Waals surface area contributed by atoms with Crippen LogP contribution in [0.2, 0.25) is 0 Å². The summed E-state index contributed by atoms with van der Waals surface area (Å²) in [4.78, 5) is 18.3. The zero-order valence-electron chi connectivity index (χ0n) is 21.3. The maximum atomic E-state index is 13.4. The van der Waals surface area contributed by atoms with Gasteiger partial charge in [-0.2, -0.15) is 4.98 Å². The third-order valence-electron chi connectivity index (χ3n) is 6.69. The summed E-state index contributed by atoms with van der Waals surface area (Å²) < 4.78 is 23.6. The van der Waals surface area contributed by atoms with Gasteiger partial charge in [0.1, 0.15) is 11.8 Å². The summed E-state index contributed by atoms with van der Waals surface area (Å²) in [6, 6.07) is 10.9. The summed E-state index contributed by atoms with van der Waals surface area (Å²) in [6.45, 7) is 4.22. The van der Waals surface area contributed by atoms with Gasteiger partial charge in [-0.05, 0) is 41.7 Å². The maximum Gasteiger partial charge on any atom is 0.226 e. The number of benzene rings is 2. The van der Waals surface area contributed by atoms with Crippen molar-refractivity contribution >= 4 is 11.7 Å². The molecule has 5 rings (SSSR count). The van der Waals surface area contributed by atoms with Crippen LogP contribution in [-0.2, 0) is 4.79 Å². The molecule has 1 aliphatic carbocycles. The standard InChI is InChI=1S/C27H30N4O5/c1-27(2)13-18-22(19(32)14-27)23(15-7-9-17(33-3)10-8-15)31-26(28-18)29-25(30-31)16-11-20(34-4)24(36-6)21(12-16)35-5/h7-12,23H,13-14H2,1-6H3,(H,28,29,30)/t23-/m0/s1. The van der Waals surface area contributed by atoms with Gasteiger partial charge in [-0.25, -0.2) is 4.68 Å². The van der Waals surface area contributed by atoms with E-state index < -0.39 is 6.04 Å². The van der Waals surface area contributed by atoms with E-state index in [2.05, 4.69) is 19.2 Å². The average Bonchev–Trinajstić information content (AvgIpc) is 3.29. The van der Waals surface area contributed by atoms with E-state index >= 15 is 0 Å². The lowest BCUT2D eigenvalue weighted by Crippen LogP contribution is -2.36. The SMILES string of the molecule is COc1ccc([C@H]2C3=C(CC(C)(C)CC3=O)Nc3nc(-c4cc(OC)c(OC)c(OC)c4)nn32)cc1. The van der Waals surface area contributed by atoms with Crippen molar-refractivity contribution in [2.24, 2.45) is 5.41 Å². The van der Waals surface area contributed by atoms with Gasteiger partial charge in [-0.15, -0.1) is 5.10 Å². The Bertz CT molecular complexity index is 1330. The first-order valence-electron chi connectivity index (χ1n) is 11.7. The van der Waals surface area contributed by atoms with Crippen molar-refractivity contribution in [3.8, 4) is 34.4 Å². The van der Waals surface area contributed by atoms with E-state index in [0.29, 0.717) is 41.0 Å². The number of nitrogens with zero attached hydrogens (tertiary/aromatic N) is 3. The van der Waals surface area contributed by atoms with E-state index in [1.807, 2.05) is 36.4 Å². The number of hydrogen-bond donors (Lipinski definition) is 1. The molecule has 0 amide bonds. The predicted octanol–water partition coefficient (Wildman–Crippen LogP) is 4.64. The largest absolute Gasteiger partial charge is 0.497 e. The van der Waals surface area contributed by atoms with E-state index in [4.69, 9.17) is 29.0 Å². The topological polar surface area (TPSA) is 96.7 Å². The van der Waals surface area contributed by atoms with Crippen LogP contribution in [0.25, 0.3) is 11.4 Å². The summed E-state index contributed by atoms with van der Waals surface area (Å²) in [6.07, 6.45) is 1.22. The van der Waals surface area contributed by atoms with Crippen LogP contribution in [0, 0.1) is 5.41 Å². The molecule has 0 unspecified atom stereocenters. The molecule has 0 saturated heterocycles. The number of anilines is 1. The van der Waals surface area contributed by atoms with Crippen molar-refractivity contribution in [2.45, 2.75) is 32.7 Å². The van der Waals surface area contributed by atoms with Crippen LogP contribution in [0.4, 0.5) is 5.95 Å². The molecule has 9 heteroatoms. The van der Waals surface area contributed by atoms with Crippen LogP contribution in [0.3, 0.4) is 0 Å². The minimum atomic E-state index is -0.408. The van der Waals surface area contributed by atoms with Crippen LogP contribution in [0.1, 0.15) is 38.3 Å². The number of nitrogens with one attached hydrogen (secondary N) is 1. The van der Waals surface area contributed by atoms with Crippen LogP contribution >= 0.6 is 0 Å². The average molecular weight is 491 g/mol. The minimum absolute atomic E-state index is 0.116. The number of carbonyl (C=O) groups excluding carboxylic acids is 1. The molecule has 2 heterocycles. The summed E-state index contributed by atoms with van der Waals surface area (Å²) in [7, 11) is 6.33. The van der Waals surface area contributed by atoms with Crippen molar-refractivity contribution in [2.75, 3.05) is 33.8 Å². The number of ether oxygens (including phenoxy) is 4. The molecule has 1 aliphatic heterocycles. The highest BCUT2D eigenvalue weighted by molar-refractivity contribution is 6.00. The molecule has 1 atom stereocenters. The first kappa shape index (κ1) is 23.7. The zero-order valence-corrected chi connectivity index (χ0v) is 21.3. The molecule has 0 spiro atoms. The zero-order chi connectivity index (χ0) is 25.6. The van der Waals surface area contributed by atoms with Crippen molar-refractivity contribution in [3.63, 3.8) is 0 Å². The first-order valence-corrected chi connectivity index (χ1v) is 11.7. The summed E-state index contributed by atoms with van der Waals surface area (Å²) in [5, 5.41) is 8.28. The Morgan fingerprint density at radius 3 is 2.19 bits per heavy atom. The van der Waals surface area contributed by atoms with Gasteiger partial charge >= 0.3 is 0 Å². The quantitative estimate of drug-likeness (QED) is 0.534. The van der Waals surface area contributed by atoms with Crippen LogP contribution < -0.4 is 24.3 Å². The van der Waals surface area contributed by atoms with E-state index in [1.54, 1.807) is 33.1 Å². The third-order valence-corrected chi connectivity index (χ3v) is 6.69. The van der Waals surface area contributed by atoms with Crippen LogP contribution in [-0.4, -0.2) is 49.0 Å². The minimum Gasteiger partial charge on any atom is -0.497 e. The molecule has 2 aliphatic rings. The highest BCUT2D eigenvalue weighted by Crippen LogP contribution is 2.46. The summed E-state index contributed by atoms with van der Waals surface area (Å²) in [5.74, 6) is 3.42. The Morgan fingerprint density at radius 2 is 1.61 bits per heavy atom. The second-order valence-electron chi connectivity index (χ2n) is 9.75. The predicted molar refractivity (Wildman–Crippen MR) is 135 cm³/mol. The molecule has 188 valence electrons. The number of allylic oxidation sites excluding steroid dienone is 2. The Morgan fingerprint density at radius 1 is 0.944 bits per heavy atom. The molecule has 0 saturated carbocycles. The number of fused-ring (bicyclic) bond motifs is 1. The number of carbonyl (C=O) groups is 1. The van der Waals surface area contributed by atoms with E-state index in [-0.39, 0.29) is 11.2 Å². The summed E-state index contributed by atoms with van der Waals surface area (Å²) >= 11 is 0. The van der Waals surface area contributed by atoms with E-state index in [9.17, 15) is 4.79 Å². The van der Waals surface area contributed by atoms with E-state index in [0.717, 1.165) is 29.0 Å². The van der Waals surface area contributed by atoms with Gasteiger partial charge in [0.15, 0.2) is 23.1 Å². The Balaban J connectivity index is 1.66. The number of rotatable bonds is 6. The fraction of sp³-hybridized carbons (Fsp3) is 0.370. The van der Waals surface area contributed by atoms with Crippen LogP contribution in [0.15, 0.2) is 47.7 Å². The molecule has 1 N–H and O–H groups in total. The molecule has 9 nitrogen and oxygen atoms in total. The fourth-order valence-corrected chi connectivity index (χ4v) is 5.04. The van der Waals surface area contributed by atoms with Gasteiger partial charge in [-0.3, -0.25) is 4.79 Å². The number of hydrogen-bond acceptors (Lipinski definition) is 8. The molecule has 1 aromatic heterocycles. The van der Waals surface area contributed by atoms with Gasteiger partial charge in [-0.1, -0.05) is 26.0 Å². The lowest BCUT2D eigenvalue weighted by atomic mass is 9.73. The van der Waals surface area contributed by atoms with Crippen molar-refractivity contribution in [1.29, 1.82) is 0 Å². The highest BCUT2D eigenvalue weighted by Gasteiger charge is 2.42. The lowest BCUT2D eigenvalue weighted by molar-refractivity contribution is -0.118. The second kappa shape index (κ2) is 8.89. The molecule has 0 radical (unpaired) electrons. The molecule has 3 aromatic rings. The molecule has 0 bridgehead atoms. The van der Waals surface area contributed by atoms with E-state index in [1.165, 1.54) is 0 Å². The van der Waals surface area contributed by atoms with Gasteiger partial charge in [0.25, 0.3) is 0 Å². The monoisotopic (exact) mass is 490 g/mol. The summed E-state index contributed by atoms with van der Waals surface area (Å²) in [5.41, 5.74) is 3.11. The van der Waals surface area contributed by atoms with Crippen LogP contribution in [0.5, 0.6) is 23.0 Å².